The number of carbonyl (C=O) groups is 1. The molecule has 1 rings (SSSR count). The van der Waals surface area contributed by atoms with Crippen molar-refractivity contribution in [3.8, 4) is 0 Å². The molecule has 0 saturated heterocycles. The molecule has 4 N–H and O–H groups in total. The van der Waals surface area contributed by atoms with Gasteiger partial charge in [-0.05, 0) is 19.1 Å². The van der Waals surface area contributed by atoms with Gasteiger partial charge in [0.15, 0.2) is 6.10 Å². The largest absolute Gasteiger partial charge is 0.416 e. The summed E-state index contributed by atoms with van der Waals surface area (Å²) in [5, 5.41) is 10.5. The lowest BCUT2D eigenvalue weighted by atomic mass is 10.1. The molecule has 0 radical (unpaired) electrons. The molecule has 1 unspecified atom stereocenters. The number of anilines is 1. The number of aliphatic hydroxyl groups excluding tert-OH is 1. The summed E-state index contributed by atoms with van der Waals surface area (Å²) in [5.74, 6) is -1.68. The number of rotatable bonds is 3. The first-order chi connectivity index (χ1) is 8.62. The van der Waals surface area contributed by atoms with E-state index in [-0.39, 0.29) is 16.8 Å². The molecule has 1 aromatic rings. The van der Waals surface area contributed by atoms with Crippen LogP contribution in [-0.4, -0.2) is 29.8 Å². The van der Waals surface area contributed by atoms with Crippen molar-refractivity contribution < 1.29 is 27.5 Å². The number of carbonyl (C=O) groups excluding carboxylic acids is 1. The topological polar surface area (TPSA) is 75.4 Å². The zero-order chi connectivity index (χ0) is 14.8. The fourth-order valence-electron chi connectivity index (χ4n) is 1.24. The number of nitrogens with one attached hydrogen (secondary N) is 1. The van der Waals surface area contributed by atoms with Crippen LogP contribution in [0.25, 0.3) is 0 Å². The Balaban J connectivity index is 2.75. The van der Waals surface area contributed by atoms with Crippen LogP contribution in [0.15, 0.2) is 12.1 Å². The molecule has 0 saturated carbocycles. The van der Waals surface area contributed by atoms with Gasteiger partial charge in [0.1, 0.15) is 5.82 Å². The number of aliphatic hydroxyl groups is 1. The summed E-state index contributed by atoms with van der Waals surface area (Å²) in [6.45, 7) is 0.386. The molecule has 0 aliphatic rings. The van der Waals surface area contributed by atoms with Crippen molar-refractivity contribution in [2.75, 3.05) is 12.3 Å². The average molecular weight is 280 g/mol. The molecule has 1 atom stereocenters. The van der Waals surface area contributed by atoms with Gasteiger partial charge < -0.3 is 16.2 Å². The molecule has 0 aromatic heterocycles. The highest BCUT2D eigenvalue weighted by Gasteiger charge is 2.38. The lowest BCUT2D eigenvalue weighted by Gasteiger charge is -2.15. The van der Waals surface area contributed by atoms with Gasteiger partial charge in [0.05, 0.1) is 6.54 Å². The van der Waals surface area contributed by atoms with Crippen LogP contribution in [0.1, 0.15) is 15.9 Å². The minimum absolute atomic E-state index is 0.0153. The smallest absolute Gasteiger partial charge is 0.398 e. The first-order valence-electron chi connectivity index (χ1n) is 5.21. The van der Waals surface area contributed by atoms with Crippen molar-refractivity contribution in [2.24, 2.45) is 0 Å². The van der Waals surface area contributed by atoms with E-state index in [9.17, 15) is 22.4 Å². The number of alkyl halides is 3. The highest BCUT2D eigenvalue weighted by atomic mass is 19.4. The van der Waals surface area contributed by atoms with Gasteiger partial charge in [-0.3, -0.25) is 4.79 Å². The van der Waals surface area contributed by atoms with E-state index in [0.29, 0.717) is 0 Å². The molecule has 0 fully saturated rings. The van der Waals surface area contributed by atoms with Gasteiger partial charge in [0, 0.05) is 16.8 Å². The molecule has 1 aromatic carbocycles. The summed E-state index contributed by atoms with van der Waals surface area (Å²) in [6.07, 6.45) is -7.51. The molecule has 0 heterocycles. The molecule has 0 bridgehead atoms. The van der Waals surface area contributed by atoms with Crippen molar-refractivity contribution in [3.05, 3.63) is 29.1 Å². The SMILES string of the molecule is Cc1c(N)cc(C(=O)NCC(O)C(F)(F)F)cc1F. The summed E-state index contributed by atoms with van der Waals surface area (Å²) < 4.78 is 49.3. The standard InChI is InChI=1S/C11H12F4N2O2/c1-5-7(12)2-6(3-8(5)16)10(19)17-4-9(18)11(13,14)15/h2-3,9,18H,4,16H2,1H3,(H,17,19). The van der Waals surface area contributed by atoms with Gasteiger partial charge in [-0.2, -0.15) is 13.2 Å². The number of amides is 1. The van der Waals surface area contributed by atoms with E-state index in [0.717, 1.165) is 12.1 Å². The predicted molar refractivity (Wildman–Crippen MR) is 59.9 cm³/mol. The highest BCUT2D eigenvalue weighted by Crippen LogP contribution is 2.20. The maximum Gasteiger partial charge on any atom is 0.416 e. The van der Waals surface area contributed by atoms with Crippen LogP contribution in [0.5, 0.6) is 0 Å². The van der Waals surface area contributed by atoms with Gasteiger partial charge in [0.2, 0.25) is 0 Å². The molecule has 0 aliphatic carbocycles. The molecule has 0 aliphatic heterocycles. The first-order valence-corrected chi connectivity index (χ1v) is 5.21. The van der Waals surface area contributed by atoms with Crippen molar-refractivity contribution in [1.82, 2.24) is 5.32 Å². The van der Waals surface area contributed by atoms with E-state index in [2.05, 4.69) is 0 Å². The van der Waals surface area contributed by atoms with E-state index < -0.39 is 30.5 Å². The second kappa shape index (κ2) is 5.43. The van der Waals surface area contributed by atoms with Gasteiger partial charge in [0.25, 0.3) is 5.91 Å². The summed E-state index contributed by atoms with van der Waals surface area (Å²) in [6, 6.07) is 2.01. The van der Waals surface area contributed by atoms with Crippen LogP contribution in [-0.2, 0) is 0 Å². The van der Waals surface area contributed by atoms with Crippen molar-refractivity contribution >= 4 is 11.6 Å². The zero-order valence-corrected chi connectivity index (χ0v) is 9.88. The number of nitrogen functional groups attached to an aromatic ring is 1. The summed E-state index contributed by atoms with van der Waals surface area (Å²) in [4.78, 5) is 11.5. The van der Waals surface area contributed by atoms with Gasteiger partial charge in [-0.1, -0.05) is 0 Å². The molecule has 8 heteroatoms. The fourth-order valence-corrected chi connectivity index (χ4v) is 1.24. The van der Waals surface area contributed by atoms with E-state index in [4.69, 9.17) is 10.8 Å². The second-order valence-electron chi connectivity index (χ2n) is 3.94. The normalized spacial score (nSPS) is 13.2. The van der Waals surface area contributed by atoms with E-state index in [1.807, 2.05) is 5.32 Å². The highest BCUT2D eigenvalue weighted by molar-refractivity contribution is 5.95. The number of hydrogen-bond donors (Lipinski definition) is 3. The predicted octanol–water partition coefficient (Wildman–Crippen LogP) is 1.37. The Morgan fingerprint density at radius 2 is 2.05 bits per heavy atom. The number of nitrogens with two attached hydrogens (primary N) is 1. The van der Waals surface area contributed by atoms with Gasteiger partial charge in [-0.25, -0.2) is 4.39 Å². The van der Waals surface area contributed by atoms with Crippen molar-refractivity contribution in [3.63, 3.8) is 0 Å². The zero-order valence-electron chi connectivity index (χ0n) is 9.88. The van der Waals surface area contributed by atoms with Gasteiger partial charge in [-0.15, -0.1) is 0 Å². The number of halogens is 4. The summed E-state index contributed by atoms with van der Waals surface area (Å²) >= 11 is 0. The molecular weight excluding hydrogens is 268 g/mol. The fraction of sp³-hybridized carbons (Fsp3) is 0.364. The van der Waals surface area contributed by atoms with E-state index in [1.165, 1.54) is 6.92 Å². The number of hydrogen-bond acceptors (Lipinski definition) is 3. The molecule has 1 amide bonds. The minimum Gasteiger partial charge on any atom is -0.398 e. The lowest BCUT2D eigenvalue weighted by Crippen LogP contribution is -2.40. The Morgan fingerprint density at radius 1 is 1.47 bits per heavy atom. The minimum atomic E-state index is -4.83. The quantitative estimate of drug-likeness (QED) is 0.578. The monoisotopic (exact) mass is 280 g/mol. The van der Waals surface area contributed by atoms with Crippen LogP contribution in [0.4, 0.5) is 23.2 Å². The Hall–Kier alpha value is -1.83. The molecule has 106 valence electrons. The van der Waals surface area contributed by atoms with Crippen molar-refractivity contribution in [1.29, 1.82) is 0 Å². The third-order valence-electron chi connectivity index (χ3n) is 2.48. The van der Waals surface area contributed by atoms with Crippen LogP contribution in [0, 0.1) is 12.7 Å². The Labute approximate surface area is 106 Å². The van der Waals surface area contributed by atoms with E-state index in [1.54, 1.807) is 0 Å². The third kappa shape index (κ3) is 3.82. The van der Waals surface area contributed by atoms with Crippen LogP contribution in [0.3, 0.4) is 0 Å². The Morgan fingerprint density at radius 3 is 2.53 bits per heavy atom. The third-order valence-corrected chi connectivity index (χ3v) is 2.48. The van der Waals surface area contributed by atoms with Gasteiger partial charge >= 0.3 is 6.18 Å². The second-order valence-corrected chi connectivity index (χ2v) is 3.94. The lowest BCUT2D eigenvalue weighted by molar-refractivity contribution is -0.201. The maximum atomic E-state index is 13.3. The molecule has 4 nitrogen and oxygen atoms in total. The first kappa shape index (κ1) is 15.2. The molecule has 19 heavy (non-hydrogen) atoms. The summed E-state index contributed by atoms with van der Waals surface area (Å²) in [7, 11) is 0. The van der Waals surface area contributed by atoms with E-state index >= 15 is 0 Å². The maximum absolute atomic E-state index is 13.3. The Bertz CT molecular complexity index is 465. The summed E-state index contributed by atoms with van der Waals surface area (Å²) in [5.41, 5.74) is 5.38. The van der Waals surface area contributed by atoms with Crippen molar-refractivity contribution in [2.45, 2.75) is 19.2 Å². The molecule has 0 spiro atoms. The Kier molecular flexibility index (Phi) is 4.35. The molecular formula is C11H12F4N2O2. The van der Waals surface area contributed by atoms with Crippen LogP contribution in [0.2, 0.25) is 0 Å². The average Bonchev–Trinajstić information content (AvgIpc) is 2.30. The van der Waals surface area contributed by atoms with Crippen LogP contribution >= 0.6 is 0 Å². The number of benzene rings is 1. The van der Waals surface area contributed by atoms with Crippen LogP contribution < -0.4 is 11.1 Å².